The lowest BCUT2D eigenvalue weighted by Crippen LogP contribution is -2.40. The molecule has 4 heteroatoms. The highest BCUT2D eigenvalue weighted by Gasteiger charge is 2.15. The number of rotatable bonds is 4. The topological polar surface area (TPSA) is 45.2 Å². The summed E-state index contributed by atoms with van der Waals surface area (Å²) in [5.41, 5.74) is 0.678. The van der Waals surface area contributed by atoms with E-state index in [1.165, 1.54) is 12.8 Å². The first-order valence-electron chi connectivity index (χ1n) is 6.66. The first-order valence-corrected chi connectivity index (χ1v) is 6.66. The molecule has 1 amide bonds. The third-order valence-electron chi connectivity index (χ3n) is 3.40. The van der Waals surface area contributed by atoms with E-state index in [0.29, 0.717) is 12.1 Å². The Balaban J connectivity index is 1.70. The van der Waals surface area contributed by atoms with Gasteiger partial charge in [0.1, 0.15) is 0 Å². The number of aromatic nitrogens is 1. The maximum absolute atomic E-state index is 11.8. The molecule has 1 aromatic rings. The van der Waals surface area contributed by atoms with Crippen molar-refractivity contribution in [1.82, 2.24) is 15.2 Å². The van der Waals surface area contributed by atoms with E-state index in [2.05, 4.69) is 22.1 Å². The van der Waals surface area contributed by atoms with E-state index >= 15 is 0 Å². The van der Waals surface area contributed by atoms with Crippen molar-refractivity contribution in [3.63, 3.8) is 0 Å². The Morgan fingerprint density at radius 1 is 1.50 bits per heavy atom. The molecule has 0 aliphatic carbocycles. The minimum atomic E-state index is -0.0116. The second-order valence-corrected chi connectivity index (χ2v) is 5.04. The zero-order chi connectivity index (χ0) is 12.8. The van der Waals surface area contributed by atoms with Crippen molar-refractivity contribution >= 4 is 5.91 Å². The standard InChI is InChI=1S/C14H21N3O/c1-12-3-2-9-17(11-12)10-8-16-14(18)13-4-6-15-7-5-13/h4-7,12H,2-3,8-11H2,1H3,(H,16,18). The minimum absolute atomic E-state index is 0.0116. The molecule has 1 aromatic heterocycles. The van der Waals surface area contributed by atoms with Crippen LogP contribution in [0.3, 0.4) is 0 Å². The number of piperidine rings is 1. The molecule has 98 valence electrons. The van der Waals surface area contributed by atoms with Gasteiger partial charge in [-0.1, -0.05) is 6.92 Å². The van der Waals surface area contributed by atoms with E-state index in [1.807, 2.05) is 0 Å². The summed E-state index contributed by atoms with van der Waals surface area (Å²) in [6.45, 7) is 6.28. The summed E-state index contributed by atoms with van der Waals surface area (Å²) in [7, 11) is 0. The van der Waals surface area contributed by atoms with Crippen molar-refractivity contribution in [1.29, 1.82) is 0 Å². The summed E-state index contributed by atoms with van der Waals surface area (Å²) in [4.78, 5) is 18.1. The molecule has 0 aromatic carbocycles. The molecule has 1 saturated heterocycles. The molecule has 0 radical (unpaired) electrons. The molecule has 1 unspecified atom stereocenters. The maximum atomic E-state index is 11.8. The molecule has 18 heavy (non-hydrogen) atoms. The number of hydrogen-bond acceptors (Lipinski definition) is 3. The normalized spacial score (nSPS) is 20.6. The Morgan fingerprint density at radius 3 is 3.00 bits per heavy atom. The highest BCUT2D eigenvalue weighted by atomic mass is 16.1. The molecule has 1 N–H and O–H groups in total. The number of nitrogens with zero attached hydrogens (tertiary/aromatic N) is 2. The van der Waals surface area contributed by atoms with Gasteiger partial charge in [-0.3, -0.25) is 9.78 Å². The van der Waals surface area contributed by atoms with E-state index in [9.17, 15) is 4.79 Å². The number of pyridine rings is 1. The molecule has 1 aliphatic rings. The zero-order valence-corrected chi connectivity index (χ0v) is 10.9. The Bertz CT molecular complexity index is 380. The third-order valence-corrected chi connectivity index (χ3v) is 3.40. The molecule has 0 saturated carbocycles. The molecule has 0 spiro atoms. The fourth-order valence-electron chi connectivity index (χ4n) is 2.42. The van der Waals surface area contributed by atoms with Crippen LogP contribution in [0, 0.1) is 5.92 Å². The van der Waals surface area contributed by atoms with Crippen LogP contribution in [0.2, 0.25) is 0 Å². The van der Waals surface area contributed by atoms with Crippen molar-refractivity contribution in [2.75, 3.05) is 26.2 Å². The van der Waals surface area contributed by atoms with E-state index < -0.39 is 0 Å². The fraction of sp³-hybridized carbons (Fsp3) is 0.571. The summed E-state index contributed by atoms with van der Waals surface area (Å²) in [6.07, 6.45) is 5.89. The van der Waals surface area contributed by atoms with Crippen LogP contribution in [-0.2, 0) is 0 Å². The van der Waals surface area contributed by atoms with Gasteiger partial charge in [0, 0.05) is 37.6 Å². The second-order valence-electron chi connectivity index (χ2n) is 5.04. The van der Waals surface area contributed by atoms with Crippen LogP contribution < -0.4 is 5.32 Å². The summed E-state index contributed by atoms with van der Waals surface area (Å²) in [5, 5.41) is 2.95. The summed E-state index contributed by atoms with van der Waals surface area (Å²) >= 11 is 0. The second kappa shape index (κ2) is 6.50. The molecule has 1 aliphatic heterocycles. The van der Waals surface area contributed by atoms with Crippen LogP contribution >= 0.6 is 0 Å². The molecule has 1 atom stereocenters. The van der Waals surface area contributed by atoms with Gasteiger partial charge in [0.25, 0.3) is 5.91 Å². The van der Waals surface area contributed by atoms with Gasteiger partial charge >= 0.3 is 0 Å². The lowest BCUT2D eigenvalue weighted by atomic mass is 10.0. The number of carbonyl (C=O) groups excluding carboxylic acids is 1. The zero-order valence-electron chi connectivity index (χ0n) is 10.9. The Hall–Kier alpha value is -1.42. The molecule has 4 nitrogen and oxygen atoms in total. The van der Waals surface area contributed by atoms with E-state index in [-0.39, 0.29) is 5.91 Å². The third kappa shape index (κ3) is 3.81. The van der Waals surface area contributed by atoms with Gasteiger partial charge in [0.15, 0.2) is 0 Å². The number of likely N-dealkylation sites (tertiary alicyclic amines) is 1. The molecular formula is C14H21N3O. The highest BCUT2D eigenvalue weighted by Crippen LogP contribution is 2.14. The van der Waals surface area contributed by atoms with Gasteiger partial charge in [-0.05, 0) is 37.4 Å². The first kappa shape index (κ1) is 13.0. The lowest BCUT2D eigenvalue weighted by molar-refractivity contribution is 0.0943. The minimum Gasteiger partial charge on any atom is -0.351 e. The fourth-order valence-corrected chi connectivity index (χ4v) is 2.42. The predicted octanol–water partition coefficient (Wildman–Crippen LogP) is 1.54. The van der Waals surface area contributed by atoms with Crippen LogP contribution in [0.1, 0.15) is 30.1 Å². The van der Waals surface area contributed by atoms with E-state index in [4.69, 9.17) is 0 Å². The smallest absolute Gasteiger partial charge is 0.251 e. The summed E-state index contributed by atoms with van der Waals surface area (Å²) in [5.74, 6) is 0.775. The predicted molar refractivity (Wildman–Crippen MR) is 71.4 cm³/mol. The number of carbonyl (C=O) groups is 1. The Kier molecular flexibility index (Phi) is 4.70. The quantitative estimate of drug-likeness (QED) is 0.878. The molecule has 2 rings (SSSR count). The summed E-state index contributed by atoms with van der Waals surface area (Å²) in [6, 6.07) is 3.47. The maximum Gasteiger partial charge on any atom is 0.251 e. The Morgan fingerprint density at radius 2 is 2.28 bits per heavy atom. The molecule has 2 heterocycles. The molecule has 1 fully saturated rings. The number of nitrogens with one attached hydrogen (secondary N) is 1. The average molecular weight is 247 g/mol. The van der Waals surface area contributed by atoms with Crippen LogP contribution in [0.15, 0.2) is 24.5 Å². The molecular weight excluding hydrogens is 226 g/mol. The van der Waals surface area contributed by atoms with Gasteiger partial charge < -0.3 is 10.2 Å². The van der Waals surface area contributed by atoms with Crippen molar-refractivity contribution in [3.8, 4) is 0 Å². The van der Waals surface area contributed by atoms with Gasteiger partial charge in [-0.25, -0.2) is 0 Å². The average Bonchev–Trinajstić information content (AvgIpc) is 2.40. The van der Waals surface area contributed by atoms with Crippen LogP contribution in [-0.4, -0.2) is 42.0 Å². The van der Waals surface area contributed by atoms with Crippen LogP contribution in [0.25, 0.3) is 0 Å². The van der Waals surface area contributed by atoms with Gasteiger partial charge in [-0.15, -0.1) is 0 Å². The van der Waals surface area contributed by atoms with Crippen molar-refractivity contribution in [2.24, 2.45) is 5.92 Å². The van der Waals surface area contributed by atoms with Crippen molar-refractivity contribution in [3.05, 3.63) is 30.1 Å². The van der Waals surface area contributed by atoms with Crippen LogP contribution in [0.5, 0.6) is 0 Å². The largest absolute Gasteiger partial charge is 0.351 e. The monoisotopic (exact) mass is 247 g/mol. The highest BCUT2D eigenvalue weighted by molar-refractivity contribution is 5.93. The SMILES string of the molecule is CC1CCCN(CCNC(=O)c2ccncc2)C1. The first-order chi connectivity index (χ1) is 8.75. The van der Waals surface area contributed by atoms with Crippen molar-refractivity contribution < 1.29 is 4.79 Å². The molecule has 0 bridgehead atoms. The Labute approximate surface area is 108 Å². The number of amides is 1. The summed E-state index contributed by atoms with van der Waals surface area (Å²) < 4.78 is 0. The van der Waals surface area contributed by atoms with Crippen LogP contribution in [0.4, 0.5) is 0 Å². The number of hydrogen-bond donors (Lipinski definition) is 1. The van der Waals surface area contributed by atoms with E-state index in [0.717, 1.165) is 25.6 Å². The van der Waals surface area contributed by atoms with Crippen molar-refractivity contribution in [2.45, 2.75) is 19.8 Å². The lowest BCUT2D eigenvalue weighted by Gasteiger charge is -2.30. The van der Waals surface area contributed by atoms with Gasteiger partial charge in [0.2, 0.25) is 0 Å². The van der Waals surface area contributed by atoms with Gasteiger partial charge in [0.05, 0.1) is 0 Å². The van der Waals surface area contributed by atoms with Gasteiger partial charge in [-0.2, -0.15) is 0 Å². The van der Waals surface area contributed by atoms with E-state index in [1.54, 1.807) is 24.5 Å².